The van der Waals surface area contributed by atoms with E-state index in [0.29, 0.717) is 18.7 Å². The maximum atomic E-state index is 6.04. The summed E-state index contributed by atoms with van der Waals surface area (Å²) >= 11 is 1.80. The van der Waals surface area contributed by atoms with Gasteiger partial charge in [0, 0.05) is 50.4 Å². The second-order valence-electron chi connectivity index (χ2n) is 8.01. The van der Waals surface area contributed by atoms with Crippen LogP contribution in [0.25, 0.3) is 0 Å². The van der Waals surface area contributed by atoms with Crippen molar-refractivity contribution in [2.75, 3.05) is 39.9 Å². The number of nitrogens with zero attached hydrogens (tertiary/aromatic N) is 3. The molecule has 2 aliphatic rings. The Kier molecular flexibility index (Phi) is 10.5. The van der Waals surface area contributed by atoms with Gasteiger partial charge in [-0.05, 0) is 48.8 Å². The normalized spacial score (nSPS) is 18.7. The Morgan fingerprint density at radius 3 is 2.81 bits per heavy atom. The highest BCUT2D eigenvalue weighted by molar-refractivity contribution is 14.0. The van der Waals surface area contributed by atoms with Gasteiger partial charge in [0.2, 0.25) is 5.88 Å². The number of halogens is 1. The first-order valence-electron chi connectivity index (χ1n) is 11.2. The van der Waals surface area contributed by atoms with Crippen molar-refractivity contribution in [3.8, 4) is 5.88 Å². The van der Waals surface area contributed by atoms with Gasteiger partial charge in [-0.2, -0.15) is 0 Å². The van der Waals surface area contributed by atoms with Gasteiger partial charge in [0.15, 0.2) is 5.96 Å². The molecule has 2 aromatic rings. The highest BCUT2D eigenvalue weighted by atomic mass is 127. The van der Waals surface area contributed by atoms with Crippen molar-refractivity contribution in [3.05, 3.63) is 46.3 Å². The molecule has 3 heterocycles. The molecule has 0 amide bonds. The summed E-state index contributed by atoms with van der Waals surface area (Å²) in [5, 5.41) is 9.08. The second-order valence-corrected chi connectivity index (χ2v) is 8.99. The molecule has 1 aliphatic heterocycles. The molecule has 32 heavy (non-hydrogen) atoms. The molecule has 9 heteroatoms. The van der Waals surface area contributed by atoms with E-state index in [1.165, 1.54) is 17.7 Å². The SMILES string of the molecule is CN=C(NCc1ccnc(OC2CCCC2)c1)NCC(c1cccs1)N1CCOCC1.I. The molecule has 1 unspecified atom stereocenters. The summed E-state index contributed by atoms with van der Waals surface area (Å²) < 4.78 is 11.6. The van der Waals surface area contributed by atoms with Crippen molar-refractivity contribution in [2.24, 2.45) is 4.99 Å². The Morgan fingerprint density at radius 1 is 1.28 bits per heavy atom. The Morgan fingerprint density at radius 2 is 2.09 bits per heavy atom. The van der Waals surface area contributed by atoms with Crippen LogP contribution in [0.1, 0.15) is 42.2 Å². The van der Waals surface area contributed by atoms with Gasteiger partial charge >= 0.3 is 0 Å². The van der Waals surface area contributed by atoms with Crippen molar-refractivity contribution in [2.45, 2.75) is 44.4 Å². The van der Waals surface area contributed by atoms with Gasteiger partial charge in [0.1, 0.15) is 6.10 Å². The predicted molar refractivity (Wildman–Crippen MR) is 140 cm³/mol. The fourth-order valence-corrected chi connectivity index (χ4v) is 5.04. The van der Waals surface area contributed by atoms with Crippen LogP contribution >= 0.6 is 35.3 Å². The van der Waals surface area contributed by atoms with Gasteiger partial charge in [-0.1, -0.05) is 6.07 Å². The summed E-state index contributed by atoms with van der Waals surface area (Å²) in [4.78, 5) is 12.7. The van der Waals surface area contributed by atoms with Crippen molar-refractivity contribution in [1.82, 2.24) is 20.5 Å². The number of hydrogen-bond donors (Lipinski definition) is 2. The van der Waals surface area contributed by atoms with E-state index >= 15 is 0 Å². The van der Waals surface area contributed by atoms with Crippen LogP contribution in [0.5, 0.6) is 5.88 Å². The van der Waals surface area contributed by atoms with Gasteiger partial charge < -0.3 is 20.1 Å². The number of pyridine rings is 1. The van der Waals surface area contributed by atoms with E-state index in [2.05, 4.69) is 43.0 Å². The largest absolute Gasteiger partial charge is 0.474 e. The van der Waals surface area contributed by atoms with Crippen LogP contribution < -0.4 is 15.4 Å². The number of aromatic nitrogens is 1. The van der Waals surface area contributed by atoms with Crippen LogP contribution in [0.3, 0.4) is 0 Å². The molecule has 0 radical (unpaired) electrons. The van der Waals surface area contributed by atoms with Crippen molar-refractivity contribution in [1.29, 1.82) is 0 Å². The molecule has 1 atom stereocenters. The number of rotatable bonds is 8. The fraction of sp³-hybridized carbons (Fsp3) is 0.565. The zero-order valence-electron chi connectivity index (χ0n) is 18.7. The molecule has 1 saturated carbocycles. The number of hydrogen-bond acceptors (Lipinski definition) is 6. The van der Waals surface area contributed by atoms with Crippen LogP contribution in [-0.2, 0) is 11.3 Å². The first-order chi connectivity index (χ1) is 15.3. The molecule has 0 aromatic carbocycles. The summed E-state index contributed by atoms with van der Waals surface area (Å²) in [7, 11) is 1.81. The number of morpholine rings is 1. The zero-order valence-corrected chi connectivity index (χ0v) is 21.8. The first kappa shape index (κ1) is 25.2. The lowest BCUT2D eigenvalue weighted by molar-refractivity contribution is 0.0177. The number of nitrogens with one attached hydrogen (secondary N) is 2. The summed E-state index contributed by atoms with van der Waals surface area (Å²) in [6.07, 6.45) is 6.92. The topological polar surface area (TPSA) is 71.0 Å². The molecule has 176 valence electrons. The average molecular weight is 572 g/mol. The quantitative estimate of drug-likeness (QED) is 0.285. The van der Waals surface area contributed by atoms with Crippen LogP contribution in [0.4, 0.5) is 0 Å². The van der Waals surface area contributed by atoms with Crippen LogP contribution in [0.2, 0.25) is 0 Å². The molecule has 1 aliphatic carbocycles. The van der Waals surface area contributed by atoms with E-state index in [0.717, 1.165) is 63.1 Å². The molecule has 7 nitrogen and oxygen atoms in total. The fourth-order valence-electron chi connectivity index (χ4n) is 4.18. The van der Waals surface area contributed by atoms with Crippen molar-refractivity contribution in [3.63, 3.8) is 0 Å². The molecule has 1 saturated heterocycles. The van der Waals surface area contributed by atoms with Crippen LogP contribution in [0, 0.1) is 0 Å². The molecule has 4 rings (SSSR count). The Hall–Kier alpha value is -1.43. The molecular formula is C23H34IN5O2S. The van der Waals surface area contributed by atoms with E-state index in [9.17, 15) is 0 Å². The highest BCUT2D eigenvalue weighted by Crippen LogP contribution is 2.25. The maximum Gasteiger partial charge on any atom is 0.213 e. The second kappa shape index (κ2) is 13.3. The molecular weight excluding hydrogens is 537 g/mol. The van der Waals surface area contributed by atoms with E-state index in [4.69, 9.17) is 9.47 Å². The molecule has 0 bridgehead atoms. The molecule has 2 aromatic heterocycles. The Balaban J connectivity index is 0.00000289. The number of aliphatic imine (C=N–C) groups is 1. The van der Waals surface area contributed by atoms with E-state index in [1.807, 2.05) is 25.4 Å². The average Bonchev–Trinajstić information content (AvgIpc) is 3.52. The number of ether oxygens (including phenoxy) is 2. The van der Waals surface area contributed by atoms with Gasteiger partial charge in [0.25, 0.3) is 0 Å². The summed E-state index contributed by atoms with van der Waals surface area (Å²) in [5.41, 5.74) is 1.13. The Bertz CT molecular complexity index is 824. The summed E-state index contributed by atoms with van der Waals surface area (Å²) in [6, 6.07) is 8.70. The van der Waals surface area contributed by atoms with Gasteiger partial charge in [-0.25, -0.2) is 4.98 Å². The third-order valence-corrected chi connectivity index (χ3v) is 6.87. The van der Waals surface area contributed by atoms with Crippen molar-refractivity contribution < 1.29 is 9.47 Å². The van der Waals surface area contributed by atoms with Crippen LogP contribution in [0.15, 0.2) is 40.8 Å². The van der Waals surface area contributed by atoms with E-state index < -0.39 is 0 Å². The predicted octanol–water partition coefficient (Wildman–Crippen LogP) is 3.82. The monoisotopic (exact) mass is 571 g/mol. The summed E-state index contributed by atoms with van der Waals surface area (Å²) in [5.74, 6) is 1.52. The van der Waals surface area contributed by atoms with Gasteiger partial charge in [0.05, 0.1) is 19.3 Å². The zero-order chi connectivity index (χ0) is 21.3. The number of guanidine groups is 1. The first-order valence-corrected chi connectivity index (χ1v) is 12.1. The summed E-state index contributed by atoms with van der Waals surface area (Å²) in [6.45, 7) is 4.97. The highest BCUT2D eigenvalue weighted by Gasteiger charge is 2.23. The number of thiophene rings is 1. The van der Waals surface area contributed by atoms with Crippen molar-refractivity contribution >= 4 is 41.3 Å². The third-order valence-electron chi connectivity index (χ3n) is 5.89. The lowest BCUT2D eigenvalue weighted by Crippen LogP contribution is -2.46. The van der Waals surface area contributed by atoms with Crippen LogP contribution in [-0.4, -0.2) is 61.8 Å². The third kappa shape index (κ3) is 7.29. The van der Waals surface area contributed by atoms with Gasteiger partial charge in [-0.15, -0.1) is 35.3 Å². The van der Waals surface area contributed by atoms with E-state index in [1.54, 1.807) is 11.3 Å². The van der Waals surface area contributed by atoms with Gasteiger partial charge in [-0.3, -0.25) is 9.89 Å². The standard InChI is InChI=1S/C23H33N5O2S.HI/c1-24-23(26-16-18-8-9-25-22(15-18)30-19-5-2-3-6-19)27-17-20(21-7-4-14-31-21)28-10-12-29-13-11-28;/h4,7-9,14-15,19-20H,2-3,5-6,10-13,16-17H2,1H3,(H2,24,26,27);1H. The molecule has 2 N–H and O–H groups in total. The minimum Gasteiger partial charge on any atom is -0.474 e. The van der Waals surface area contributed by atoms with E-state index in [-0.39, 0.29) is 24.0 Å². The molecule has 2 fully saturated rings. The minimum absolute atomic E-state index is 0. The molecule has 0 spiro atoms. The Labute approximate surface area is 212 Å². The minimum atomic E-state index is 0. The smallest absolute Gasteiger partial charge is 0.213 e. The maximum absolute atomic E-state index is 6.04. The lowest BCUT2D eigenvalue weighted by atomic mass is 10.2. The lowest BCUT2D eigenvalue weighted by Gasteiger charge is -2.34.